The van der Waals surface area contributed by atoms with Crippen LogP contribution in [0.3, 0.4) is 0 Å². The Labute approximate surface area is 219 Å². The van der Waals surface area contributed by atoms with E-state index < -0.39 is 61.9 Å². The molecule has 0 saturated heterocycles. The van der Waals surface area contributed by atoms with Gasteiger partial charge >= 0.3 is 12.1 Å². The summed E-state index contributed by atoms with van der Waals surface area (Å²) in [6, 6.07) is 16.1. The molecular formula is C26H21F6N3O3S. The van der Waals surface area contributed by atoms with E-state index in [9.17, 15) is 26.0 Å². The minimum atomic E-state index is -6.06. The fourth-order valence-corrected chi connectivity index (χ4v) is 4.89. The van der Waals surface area contributed by atoms with Gasteiger partial charge in [0.05, 0.1) is 12.0 Å². The number of methoxy groups -OCH3 is 1. The highest BCUT2D eigenvalue weighted by Gasteiger charge is 2.62. The van der Waals surface area contributed by atoms with Crippen LogP contribution in [0.4, 0.5) is 26.3 Å². The smallest absolute Gasteiger partial charge is 0.459 e. The Kier molecular flexibility index (Phi) is 7.50. The van der Waals surface area contributed by atoms with E-state index in [1.54, 1.807) is 30.3 Å². The molecule has 3 aromatic carbocycles. The van der Waals surface area contributed by atoms with Gasteiger partial charge in [-0.05, 0) is 35.7 Å². The van der Waals surface area contributed by atoms with Gasteiger partial charge in [0.25, 0.3) is 0 Å². The number of hydrogen-bond donors (Lipinski definition) is 1. The third-order valence-electron chi connectivity index (χ3n) is 5.95. The molecule has 1 heterocycles. The molecule has 0 spiro atoms. The number of halogens is 6. The first-order valence-electron chi connectivity index (χ1n) is 11.3. The number of aryl methyl sites for hydroxylation is 2. The molecule has 0 unspecified atom stereocenters. The van der Waals surface area contributed by atoms with E-state index >= 15 is 8.78 Å². The molecule has 4 aromatic rings. The lowest BCUT2D eigenvalue weighted by molar-refractivity contribution is -0.291. The number of sulfonamides is 1. The monoisotopic (exact) mass is 569 g/mol. The second-order valence-electron chi connectivity index (χ2n) is 8.49. The van der Waals surface area contributed by atoms with Gasteiger partial charge in [0.15, 0.2) is 11.6 Å². The van der Waals surface area contributed by atoms with Crippen LogP contribution in [-0.4, -0.2) is 31.5 Å². The van der Waals surface area contributed by atoms with Crippen LogP contribution < -0.4 is 9.88 Å². The molecule has 0 fully saturated rings. The first-order chi connectivity index (χ1) is 18.3. The molecule has 1 aromatic heterocycles. The number of rotatable bonds is 8. The lowest BCUT2D eigenvalue weighted by atomic mass is 9.95. The third-order valence-corrected chi connectivity index (χ3v) is 6.92. The average molecular weight is 570 g/mol. The van der Waals surface area contributed by atoms with Crippen molar-refractivity contribution in [3.8, 4) is 28.1 Å². The maximum absolute atomic E-state index is 15.3. The maximum atomic E-state index is 15.3. The van der Waals surface area contributed by atoms with Crippen LogP contribution in [0.2, 0.25) is 0 Å². The van der Waals surface area contributed by atoms with E-state index in [4.69, 9.17) is 9.88 Å². The van der Waals surface area contributed by atoms with Crippen molar-refractivity contribution >= 4 is 10.0 Å². The Morgan fingerprint density at radius 1 is 0.949 bits per heavy atom. The van der Waals surface area contributed by atoms with E-state index in [1.807, 2.05) is 0 Å². The lowest BCUT2D eigenvalue weighted by Gasteiger charge is -2.22. The van der Waals surface area contributed by atoms with Crippen molar-refractivity contribution in [2.24, 2.45) is 5.14 Å². The van der Waals surface area contributed by atoms with Crippen molar-refractivity contribution in [1.29, 1.82) is 0 Å². The van der Waals surface area contributed by atoms with Crippen molar-refractivity contribution in [3.05, 3.63) is 89.9 Å². The van der Waals surface area contributed by atoms with Crippen molar-refractivity contribution in [3.63, 3.8) is 0 Å². The molecule has 13 heteroatoms. The fourth-order valence-electron chi connectivity index (χ4n) is 4.15. The highest BCUT2D eigenvalue weighted by Crippen LogP contribution is 2.50. The summed E-state index contributed by atoms with van der Waals surface area (Å²) in [4.78, 5) is -0.560. The summed E-state index contributed by atoms with van der Waals surface area (Å²) in [5, 5.41) is 9.37. The lowest BCUT2D eigenvalue weighted by Crippen LogP contribution is -2.36. The molecule has 6 nitrogen and oxygen atoms in total. The van der Waals surface area contributed by atoms with Gasteiger partial charge in [0.2, 0.25) is 10.0 Å². The molecule has 0 bridgehead atoms. The summed E-state index contributed by atoms with van der Waals surface area (Å²) < 4.78 is 117. The number of alkyl halides is 5. The average Bonchev–Trinajstić information content (AvgIpc) is 3.27. The summed E-state index contributed by atoms with van der Waals surface area (Å²) in [5.74, 6) is -6.79. The molecule has 39 heavy (non-hydrogen) atoms. The third kappa shape index (κ3) is 5.50. The van der Waals surface area contributed by atoms with Crippen LogP contribution in [0.15, 0.2) is 77.7 Å². The van der Waals surface area contributed by atoms with Crippen molar-refractivity contribution in [2.75, 3.05) is 7.11 Å². The Bertz CT molecular complexity index is 1600. The normalized spacial score (nSPS) is 12.5. The Morgan fingerprint density at radius 2 is 1.59 bits per heavy atom. The number of primary sulfonamides is 1. The number of aromatic nitrogens is 2. The first-order valence-corrected chi connectivity index (χ1v) is 12.9. The predicted octanol–water partition coefficient (Wildman–Crippen LogP) is 5.91. The molecule has 0 saturated carbocycles. The molecule has 0 atom stereocenters. The molecule has 0 amide bonds. The zero-order valence-electron chi connectivity index (χ0n) is 20.2. The van der Waals surface area contributed by atoms with Gasteiger partial charge in [-0.15, -0.1) is 0 Å². The first kappa shape index (κ1) is 28.2. The van der Waals surface area contributed by atoms with Gasteiger partial charge in [-0.3, -0.25) is 4.68 Å². The molecule has 0 radical (unpaired) electrons. The van der Waals surface area contributed by atoms with E-state index in [-0.39, 0.29) is 17.7 Å². The number of ether oxygens (including phenoxy) is 1. The molecule has 206 valence electrons. The summed E-state index contributed by atoms with van der Waals surface area (Å²) in [6.45, 7) is -0.436. The van der Waals surface area contributed by atoms with Crippen LogP contribution in [0, 0.1) is 5.82 Å². The zero-order chi connectivity index (χ0) is 28.6. The van der Waals surface area contributed by atoms with E-state index in [0.717, 1.165) is 31.4 Å². The second-order valence-corrected chi connectivity index (χ2v) is 10.0. The van der Waals surface area contributed by atoms with Crippen molar-refractivity contribution in [2.45, 2.75) is 30.0 Å². The summed E-state index contributed by atoms with van der Waals surface area (Å²) in [7, 11) is -3.33. The molecule has 0 aliphatic carbocycles. The largest absolute Gasteiger partial charge is 0.494 e. The number of nitrogens with zero attached hydrogens (tertiary/aromatic N) is 2. The number of hydrogen-bond acceptors (Lipinski definition) is 4. The van der Waals surface area contributed by atoms with Crippen molar-refractivity contribution < 1.29 is 39.5 Å². The number of nitrogens with two attached hydrogens (primary N) is 1. The minimum Gasteiger partial charge on any atom is -0.494 e. The standard InChI is InChI=1S/C26H21F6N3O3S/c1-38-20-12-11-17(15-19(20)27)22-23(18-9-5-6-10-21(18)39(33,36)37)34-35(14-13-16-7-3-2-4-8-16)24(22)25(28,29)26(30,31)32/h2-12,15H,13-14H2,1H3,(H2,33,36,37). The highest BCUT2D eigenvalue weighted by atomic mass is 32.2. The minimum absolute atomic E-state index is 0.0101. The van der Waals surface area contributed by atoms with Crippen LogP contribution in [0.25, 0.3) is 22.4 Å². The fraction of sp³-hybridized carbons (Fsp3) is 0.192. The summed E-state index contributed by atoms with van der Waals surface area (Å²) in [6.07, 6.45) is -6.05. The Morgan fingerprint density at radius 3 is 2.18 bits per heavy atom. The van der Waals surface area contributed by atoms with Crippen molar-refractivity contribution in [1.82, 2.24) is 9.78 Å². The van der Waals surface area contributed by atoms with Gasteiger partial charge < -0.3 is 4.74 Å². The van der Waals surface area contributed by atoms with Gasteiger partial charge in [-0.1, -0.05) is 54.6 Å². The van der Waals surface area contributed by atoms with Gasteiger partial charge in [0, 0.05) is 17.7 Å². The molecule has 0 aliphatic rings. The van der Waals surface area contributed by atoms with Gasteiger partial charge in [-0.2, -0.15) is 27.1 Å². The van der Waals surface area contributed by atoms with Crippen LogP contribution in [-0.2, 0) is 28.9 Å². The molecular weight excluding hydrogens is 548 g/mol. The summed E-state index contributed by atoms with van der Waals surface area (Å²) >= 11 is 0. The topological polar surface area (TPSA) is 87.2 Å². The Hall–Kier alpha value is -3.84. The predicted molar refractivity (Wildman–Crippen MR) is 131 cm³/mol. The van der Waals surface area contributed by atoms with E-state index in [0.29, 0.717) is 10.2 Å². The van der Waals surface area contributed by atoms with Crippen LogP contribution >= 0.6 is 0 Å². The Balaban J connectivity index is 2.09. The van der Waals surface area contributed by atoms with Crippen LogP contribution in [0.1, 0.15) is 11.3 Å². The van der Waals surface area contributed by atoms with Crippen LogP contribution in [0.5, 0.6) is 5.75 Å². The molecule has 4 rings (SSSR count). The van der Waals surface area contributed by atoms with Gasteiger partial charge in [-0.25, -0.2) is 17.9 Å². The summed E-state index contributed by atoms with van der Waals surface area (Å²) in [5.41, 5.74) is -3.03. The zero-order valence-corrected chi connectivity index (χ0v) is 21.0. The highest BCUT2D eigenvalue weighted by molar-refractivity contribution is 7.89. The quantitative estimate of drug-likeness (QED) is 0.268. The molecule has 2 N–H and O–H groups in total. The van der Waals surface area contributed by atoms with E-state index in [1.165, 1.54) is 18.2 Å². The number of benzene rings is 3. The van der Waals surface area contributed by atoms with Gasteiger partial charge in [0.1, 0.15) is 11.4 Å². The van der Waals surface area contributed by atoms with E-state index in [2.05, 4.69) is 5.10 Å². The molecule has 0 aliphatic heterocycles. The second kappa shape index (κ2) is 10.4. The SMILES string of the molecule is COc1ccc(-c2c(-c3ccccc3S(N)(=O)=O)nn(CCc3ccccc3)c2C(F)(F)C(F)(F)F)cc1F. The maximum Gasteiger partial charge on any atom is 0.459 e.